The van der Waals surface area contributed by atoms with Crippen molar-refractivity contribution in [3.05, 3.63) is 46.7 Å². The third-order valence-electron chi connectivity index (χ3n) is 2.96. The third kappa shape index (κ3) is 2.42. The number of H-pyrrole nitrogens is 1. The van der Waals surface area contributed by atoms with Gasteiger partial charge >= 0.3 is 0 Å². The van der Waals surface area contributed by atoms with Gasteiger partial charge in [0.05, 0.1) is 4.88 Å². The maximum Gasteiger partial charge on any atom is 0.266 e. The Morgan fingerprint density at radius 1 is 1.40 bits per heavy atom. The number of rotatable bonds is 3. The van der Waals surface area contributed by atoms with Crippen LogP contribution >= 0.6 is 11.3 Å². The molecule has 6 heteroatoms. The summed E-state index contributed by atoms with van der Waals surface area (Å²) in [6.45, 7) is 2.00. The van der Waals surface area contributed by atoms with Gasteiger partial charge in [0.1, 0.15) is 5.82 Å². The van der Waals surface area contributed by atoms with E-state index in [1.807, 2.05) is 6.92 Å². The summed E-state index contributed by atoms with van der Waals surface area (Å²) in [5.74, 6) is -0.0432. The predicted molar refractivity (Wildman–Crippen MR) is 77.7 cm³/mol. The number of aryl methyl sites for hydroxylation is 1. The molecule has 2 aromatic heterocycles. The number of carbonyl (C=O) groups excluding carboxylic acids is 1. The number of aromatic nitrogens is 2. The summed E-state index contributed by atoms with van der Waals surface area (Å²) in [4.78, 5) is 12.7. The first-order valence-electron chi connectivity index (χ1n) is 6.20. The van der Waals surface area contributed by atoms with Crippen molar-refractivity contribution in [1.82, 2.24) is 10.2 Å². The van der Waals surface area contributed by atoms with Gasteiger partial charge in [0, 0.05) is 16.5 Å². The summed E-state index contributed by atoms with van der Waals surface area (Å²) in [6, 6.07) is 7.97. The lowest BCUT2D eigenvalue weighted by atomic mass is 10.2. The molecule has 1 aromatic carbocycles. The largest absolute Gasteiger partial charge is 0.304 e. The molecule has 4 nitrogen and oxygen atoms in total. The number of carbonyl (C=O) groups is 1. The van der Waals surface area contributed by atoms with Crippen LogP contribution in [-0.4, -0.2) is 16.1 Å². The molecule has 0 aliphatic carbocycles. The van der Waals surface area contributed by atoms with E-state index >= 15 is 0 Å². The van der Waals surface area contributed by atoms with E-state index in [1.54, 1.807) is 18.2 Å². The minimum Gasteiger partial charge on any atom is -0.304 e. The number of nitrogens with zero attached hydrogens (tertiary/aromatic N) is 1. The maximum atomic E-state index is 13.1. The van der Waals surface area contributed by atoms with Crippen LogP contribution in [-0.2, 0) is 6.42 Å². The number of thiophene rings is 1. The monoisotopic (exact) mass is 289 g/mol. The average Bonchev–Trinajstić information content (AvgIpc) is 3.04. The van der Waals surface area contributed by atoms with E-state index in [4.69, 9.17) is 0 Å². The summed E-state index contributed by atoms with van der Waals surface area (Å²) >= 11 is 1.33. The van der Waals surface area contributed by atoms with Gasteiger partial charge in [-0.1, -0.05) is 6.92 Å². The van der Waals surface area contributed by atoms with E-state index in [-0.39, 0.29) is 11.7 Å². The standard InChI is InChI=1S/C14H12FN3OS/c1-2-10-7-13(18-17-10)16-14(19)12-6-8-5-9(15)3-4-11(8)20-12/h3-7H,2H2,1H3,(H2,16,17,18,19). The summed E-state index contributed by atoms with van der Waals surface area (Å²) in [6.07, 6.45) is 0.824. The minimum atomic E-state index is -0.304. The highest BCUT2D eigenvalue weighted by Crippen LogP contribution is 2.26. The molecular weight excluding hydrogens is 277 g/mol. The van der Waals surface area contributed by atoms with Crippen LogP contribution in [0.5, 0.6) is 0 Å². The molecule has 3 aromatic rings. The maximum absolute atomic E-state index is 13.1. The normalized spacial score (nSPS) is 10.9. The number of anilines is 1. The Balaban J connectivity index is 1.84. The Morgan fingerprint density at radius 2 is 2.25 bits per heavy atom. The van der Waals surface area contributed by atoms with E-state index in [1.165, 1.54) is 23.5 Å². The predicted octanol–water partition coefficient (Wildman–Crippen LogP) is 3.58. The summed E-state index contributed by atoms with van der Waals surface area (Å²) in [5.41, 5.74) is 0.957. The van der Waals surface area contributed by atoms with Gasteiger partial charge in [0.25, 0.3) is 5.91 Å². The molecule has 0 atom stereocenters. The van der Waals surface area contributed by atoms with Crippen LogP contribution < -0.4 is 5.32 Å². The van der Waals surface area contributed by atoms with Crippen LogP contribution in [0, 0.1) is 5.82 Å². The Hall–Kier alpha value is -2.21. The fourth-order valence-electron chi connectivity index (χ4n) is 1.91. The van der Waals surface area contributed by atoms with Gasteiger partial charge in [0.15, 0.2) is 5.82 Å². The number of hydrogen-bond donors (Lipinski definition) is 2. The topological polar surface area (TPSA) is 57.8 Å². The molecule has 3 rings (SSSR count). The van der Waals surface area contributed by atoms with Crippen molar-refractivity contribution in [2.75, 3.05) is 5.32 Å². The van der Waals surface area contributed by atoms with Gasteiger partial charge in [-0.2, -0.15) is 5.10 Å². The van der Waals surface area contributed by atoms with E-state index < -0.39 is 0 Å². The van der Waals surface area contributed by atoms with Gasteiger partial charge in [-0.15, -0.1) is 11.3 Å². The number of benzene rings is 1. The lowest BCUT2D eigenvalue weighted by molar-refractivity contribution is 0.103. The summed E-state index contributed by atoms with van der Waals surface area (Å²) < 4.78 is 14.0. The zero-order valence-corrected chi connectivity index (χ0v) is 11.6. The van der Waals surface area contributed by atoms with Gasteiger partial charge in [-0.25, -0.2) is 4.39 Å². The van der Waals surface area contributed by atoms with Crippen molar-refractivity contribution >= 4 is 33.1 Å². The van der Waals surface area contributed by atoms with Crippen LogP contribution in [0.25, 0.3) is 10.1 Å². The Kier molecular flexibility index (Phi) is 3.23. The molecule has 0 unspecified atom stereocenters. The van der Waals surface area contributed by atoms with Gasteiger partial charge in [-0.05, 0) is 36.1 Å². The molecule has 2 N–H and O–H groups in total. The lowest BCUT2D eigenvalue weighted by Gasteiger charge is -1.97. The molecule has 0 saturated heterocycles. The van der Waals surface area contributed by atoms with E-state index in [2.05, 4.69) is 15.5 Å². The number of amides is 1. The van der Waals surface area contributed by atoms with Crippen molar-refractivity contribution in [2.24, 2.45) is 0 Å². The van der Waals surface area contributed by atoms with Crippen molar-refractivity contribution in [3.63, 3.8) is 0 Å². The number of nitrogens with one attached hydrogen (secondary N) is 2. The molecule has 0 aliphatic rings. The highest BCUT2D eigenvalue weighted by molar-refractivity contribution is 7.20. The fourth-order valence-corrected chi connectivity index (χ4v) is 2.85. The zero-order valence-electron chi connectivity index (χ0n) is 10.7. The van der Waals surface area contributed by atoms with Crippen molar-refractivity contribution in [3.8, 4) is 0 Å². The average molecular weight is 289 g/mol. The number of aromatic amines is 1. The molecule has 0 bridgehead atoms. The first-order valence-corrected chi connectivity index (χ1v) is 7.02. The van der Waals surface area contributed by atoms with Crippen molar-refractivity contribution in [1.29, 1.82) is 0 Å². The third-order valence-corrected chi connectivity index (χ3v) is 4.07. The molecule has 20 heavy (non-hydrogen) atoms. The van der Waals surface area contributed by atoms with E-state index in [0.29, 0.717) is 10.7 Å². The Bertz CT molecular complexity index is 778. The fraction of sp³-hybridized carbons (Fsp3) is 0.143. The highest BCUT2D eigenvalue weighted by atomic mass is 32.1. The van der Waals surface area contributed by atoms with E-state index in [9.17, 15) is 9.18 Å². The minimum absolute atomic E-state index is 0.235. The Morgan fingerprint density at radius 3 is 3.00 bits per heavy atom. The number of hydrogen-bond acceptors (Lipinski definition) is 3. The molecular formula is C14H12FN3OS. The highest BCUT2D eigenvalue weighted by Gasteiger charge is 2.12. The molecule has 0 fully saturated rings. The van der Waals surface area contributed by atoms with Crippen LogP contribution in [0.4, 0.5) is 10.2 Å². The quantitative estimate of drug-likeness (QED) is 0.774. The molecule has 0 aliphatic heterocycles. The van der Waals surface area contributed by atoms with Crippen molar-refractivity contribution in [2.45, 2.75) is 13.3 Å². The summed E-state index contributed by atoms with van der Waals surface area (Å²) in [5, 5.41) is 10.3. The first-order chi connectivity index (χ1) is 9.65. The summed E-state index contributed by atoms with van der Waals surface area (Å²) in [7, 11) is 0. The molecule has 0 spiro atoms. The van der Waals surface area contributed by atoms with Crippen molar-refractivity contribution < 1.29 is 9.18 Å². The molecule has 102 valence electrons. The molecule has 0 saturated carbocycles. The second-order valence-corrected chi connectivity index (χ2v) is 5.46. The lowest BCUT2D eigenvalue weighted by Crippen LogP contribution is -2.10. The molecule has 2 heterocycles. The van der Waals surface area contributed by atoms with Crippen LogP contribution in [0.3, 0.4) is 0 Å². The number of halogens is 1. The van der Waals surface area contributed by atoms with Crippen LogP contribution in [0.2, 0.25) is 0 Å². The SMILES string of the molecule is CCc1cc(NC(=O)c2cc3cc(F)ccc3s2)n[nH]1. The van der Waals surface area contributed by atoms with Crippen LogP contribution in [0.1, 0.15) is 22.3 Å². The van der Waals surface area contributed by atoms with E-state index in [0.717, 1.165) is 22.2 Å². The van der Waals surface area contributed by atoms with Crippen LogP contribution in [0.15, 0.2) is 30.3 Å². The Labute approximate surface area is 118 Å². The zero-order chi connectivity index (χ0) is 14.1. The molecule has 0 radical (unpaired) electrons. The van der Waals surface area contributed by atoms with Gasteiger partial charge in [-0.3, -0.25) is 9.89 Å². The first kappa shape index (κ1) is 12.8. The smallest absolute Gasteiger partial charge is 0.266 e. The number of fused-ring (bicyclic) bond motifs is 1. The van der Waals surface area contributed by atoms with Gasteiger partial charge < -0.3 is 5.32 Å². The van der Waals surface area contributed by atoms with Gasteiger partial charge in [0.2, 0.25) is 0 Å². The second-order valence-electron chi connectivity index (χ2n) is 4.38. The second kappa shape index (κ2) is 5.05. The molecule has 1 amide bonds.